The Bertz CT molecular complexity index is 561. The molecule has 1 aliphatic rings. The van der Waals surface area contributed by atoms with E-state index in [0.29, 0.717) is 24.0 Å². The normalized spacial score (nSPS) is 16.3. The third-order valence-electron chi connectivity index (χ3n) is 2.52. The average Bonchev–Trinajstić information content (AvgIpc) is 2.70. The summed E-state index contributed by atoms with van der Waals surface area (Å²) in [4.78, 5) is 15.5. The van der Waals surface area contributed by atoms with Crippen molar-refractivity contribution in [2.45, 2.75) is 13.8 Å². The summed E-state index contributed by atoms with van der Waals surface area (Å²) in [5, 5.41) is 0. The van der Waals surface area contributed by atoms with Crippen molar-refractivity contribution in [2.75, 3.05) is 13.7 Å². The highest BCUT2D eigenvalue weighted by Gasteiger charge is 2.19. The van der Waals surface area contributed by atoms with Crippen molar-refractivity contribution in [1.29, 1.82) is 0 Å². The molecule has 0 spiro atoms. The van der Waals surface area contributed by atoms with Crippen LogP contribution in [0.4, 0.5) is 0 Å². The largest absolute Gasteiger partial charge is 0.493 e. The molecule has 0 aliphatic carbocycles. The molecule has 0 fully saturated rings. The van der Waals surface area contributed by atoms with Crippen LogP contribution in [0.25, 0.3) is 6.08 Å². The van der Waals surface area contributed by atoms with E-state index in [1.165, 1.54) is 0 Å². The number of hydrogen-bond donors (Lipinski definition) is 0. The van der Waals surface area contributed by atoms with Crippen LogP contribution < -0.4 is 9.47 Å². The standard InChI is InChI=1S/C14H15NO4/c1-4-18-12-6-5-10(8-13(12)17-3)7-11-14(16)19-9(2)15-11/h5-8H,4H2,1-3H3. The van der Waals surface area contributed by atoms with E-state index in [1.807, 2.05) is 13.0 Å². The van der Waals surface area contributed by atoms with Crippen LogP contribution in [-0.4, -0.2) is 25.6 Å². The molecule has 1 aliphatic heterocycles. The van der Waals surface area contributed by atoms with Gasteiger partial charge in [-0.05, 0) is 30.7 Å². The Morgan fingerprint density at radius 2 is 2.16 bits per heavy atom. The Labute approximate surface area is 111 Å². The lowest BCUT2D eigenvalue weighted by Gasteiger charge is -2.09. The van der Waals surface area contributed by atoms with Gasteiger partial charge in [-0.25, -0.2) is 9.79 Å². The third kappa shape index (κ3) is 2.93. The van der Waals surface area contributed by atoms with Crippen LogP contribution in [0.3, 0.4) is 0 Å². The molecule has 0 saturated heterocycles. The zero-order valence-electron chi connectivity index (χ0n) is 11.1. The van der Waals surface area contributed by atoms with E-state index in [-0.39, 0.29) is 5.70 Å². The van der Waals surface area contributed by atoms with Crippen LogP contribution in [-0.2, 0) is 9.53 Å². The van der Waals surface area contributed by atoms with Gasteiger partial charge in [0.05, 0.1) is 13.7 Å². The van der Waals surface area contributed by atoms with Crippen molar-refractivity contribution in [3.63, 3.8) is 0 Å². The molecule has 2 rings (SSSR count). The zero-order valence-corrected chi connectivity index (χ0v) is 11.1. The molecule has 0 saturated carbocycles. The number of esters is 1. The molecule has 1 aromatic carbocycles. The van der Waals surface area contributed by atoms with Crippen molar-refractivity contribution in [1.82, 2.24) is 0 Å². The monoisotopic (exact) mass is 261 g/mol. The van der Waals surface area contributed by atoms with Gasteiger partial charge in [0.1, 0.15) is 0 Å². The minimum absolute atomic E-state index is 0.281. The molecule has 1 heterocycles. The highest BCUT2D eigenvalue weighted by Crippen LogP contribution is 2.29. The summed E-state index contributed by atoms with van der Waals surface area (Å²) in [7, 11) is 1.57. The van der Waals surface area contributed by atoms with Gasteiger partial charge in [0, 0.05) is 6.92 Å². The maximum Gasteiger partial charge on any atom is 0.363 e. The van der Waals surface area contributed by atoms with Crippen molar-refractivity contribution in [3.8, 4) is 11.5 Å². The molecule has 0 aromatic heterocycles. The second-order valence-corrected chi connectivity index (χ2v) is 3.89. The van der Waals surface area contributed by atoms with Crippen molar-refractivity contribution < 1.29 is 19.0 Å². The van der Waals surface area contributed by atoms with E-state index in [1.54, 1.807) is 32.2 Å². The maximum atomic E-state index is 11.5. The topological polar surface area (TPSA) is 57.1 Å². The van der Waals surface area contributed by atoms with Crippen LogP contribution in [0.5, 0.6) is 11.5 Å². The number of cyclic esters (lactones) is 1. The Morgan fingerprint density at radius 1 is 1.37 bits per heavy atom. The molecular formula is C14H15NO4. The summed E-state index contributed by atoms with van der Waals surface area (Å²) >= 11 is 0. The van der Waals surface area contributed by atoms with E-state index in [2.05, 4.69) is 4.99 Å². The summed E-state index contributed by atoms with van der Waals surface area (Å²) in [5.74, 6) is 1.20. The lowest BCUT2D eigenvalue weighted by molar-refractivity contribution is -0.130. The Balaban J connectivity index is 2.32. The number of rotatable bonds is 4. The van der Waals surface area contributed by atoms with Crippen molar-refractivity contribution >= 4 is 17.9 Å². The number of ether oxygens (including phenoxy) is 3. The molecular weight excluding hydrogens is 246 g/mol. The fourth-order valence-corrected chi connectivity index (χ4v) is 1.72. The van der Waals surface area contributed by atoms with Gasteiger partial charge in [-0.15, -0.1) is 0 Å². The fourth-order valence-electron chi connectivity index (χ4n) is 1.72. The molecule has 0 atom stereocenters. The fraction of sp³-hybridized carbons (Fsp3) is 0.286. The van der Waals surface area contributed by atoms with Crippen LogP contribution in [0.15, 0.2) is 28.9 Å². The minimum Gasteiger partial charge on any atom is -0.493 e. The van der Waals surface area contributed by atoms with Gasteiger partial charge in [0.25, 0.3) is 0 Å². The number of benzene rings is 1. The summed E-state index contributed by atoms with van der Waals surface area (Å²) in [6.45, 7) is 4.10. The first-order chi connectivity index (χ1) is 9.13. The molecule has 5 nitrogen and oxygen atoms in total. The lowest BCUT2D eigenvalue weighted by Crippen LogP contribution is -2.00. The van der Waals surface area contributed by atoms with E-state index < -0.39 is 5.97 Å². The van der Waals surface area contributed by atoms with Crippen LogP contribution >= 0.6 is 0 Å². The SMILES string of the molecule is CCOc1ccc(C=C2N=C(C)OC2=O)cc1OC. The Morgan fingerprint density at radius 3 is 2.74 bits per heavy atom. The average molecular weight is 261 g/mol. The molecule has 0 unspecified atom stereocenters. The molecule has 19 heavy (non-hydrogen) atoms. The smallest absolute Gasteiger partial charge is 0.363 e. The van der Waals surface area contributed by atoms with Crippen molar-refractivity contribution in [2.24, 2.45) is 4.99 Å². The van der Waals surface area contributed by atoms with Crippen LogP contribution in [0.2, 0.25) is 0 Å². The van der Waals surface area contributed by atoms with E-state index in [0.717, 1.165) is 5.56 Å². The van der Waals surface area contributed by atoms with Gasteiger partial charge in [-0.3, -0.25) is 0 Å². The zero-order chi connectivity index (χ0) is 13.8. The van der Waals surface area contributed by atoms with Gasteiger partial charge in [-0.1, -0.05) is 6.07 Å². The summed E-state index contributed by atoms with van der Waals surface area (Å²) in [6.07, 6.45) is 1.65. The first kappa shape index (κ1) is 13.1. The van der Waals surface area contributed by atoms with Gasteiger partial charge in [-0.2, -0.15) is 0 Å². The Hall–Kier alpha value is -2.30. The quantitative estimate of drug-likeness (QED) is 0.617. The second kappa shape index (κ2) is 5.56. The highest BCUT2D eigenvalue weighted by molar-refractivity contribution is 6.06. The van der Waals surface area contributed by atoms with Gasteiger partial charge >= 0.3 is 5.97 Å². The minimum atomic E-state index is -0.439. The number of methoxy groups -OCH3 is 1. The summed E-state index contributed by atoms with van der Waals surface area (Å²) in [5.41, 5.74) is 1.08. The third-order valence-corrected chi connectivity index (χ3v) is 2.52. The molecule has 0 bridgehead atoms. The van der Waals surface area contributed by atoms with Crippen molar-refractivity contribution in [3.05, 3.63) is 29.5 Å². The first-order valence-corrected chi connectivity index (χ1v) is 5.94. The second-order valence-electron chi connectivity index (χ2n) is 3.89. The molecule has 0 radical (unpaired) electrons. The predicted molar refractivity (Wildman–Crippen MR) is 71.3 cm³/mol. The number of carbonyl (C=O) groups excluding carboxylic acids is 1. The first-order valence-electron chi connectivity index (χ1n) is 5.94. The summed E-state index contributed by atoms with van der Waals surface area (Å²) < 4.78 is 15.5. The van der Waals surface area contributed by atoms with Crippen LogP contribution in [0, 0.1) is 0 Å². The van der Waals surface area contributed by atoms with E-state index in [9.17, 15) is 4.79 Å². The number of nitrogens with zero attached hydrogens (tertiary/aromatic N) is 1. The molecule has 1 aromatic rings. The number of hydrogen-bond acceptors (Lipinski definition) is 5. The predicted octanol–water partition coefficient (Wildman–Crippen LogP) is 2.41. The number of aliphatic imine (C=N–C) groups is 1. The highest BCUT2D eigenvalue weighted by atomic mass is 16.6. The molecule has 5 heteroatoms. The molecule has 0 N–H and O–H groups in total. The van der Waals surface area contributed by atoms with Crippen LogP contribution in [0.1, 0.15) is 19.4 Å². The summed E-state index contributed by atoms with van der Waals surface area (Å²) in [6, 6.07) is 5.41. The Kier molecular flexibility index (Phi) is 3.85. The van der Waals surface area contributed by atoms with Gasteiger partial charge < -0.3 is 14.2 Å². The number of carbonyl (C=O) groups is 1. The van der Waals surface area contributed by atoms with E-state index in [4.69, 9.17) is 14.2 Å². The van der Waals surface area contributed by atoms with Gasteiger partial charge in [0.15, 0.2) is 23.1 Å². The van der Waals surface area contributed by atoms with Gasteiger partial charge in [0.2, 0.25) is 0 Å². The molecule has 100 valence electrons. The molecule has 0 amide bonds. The maximum absolute atomic E-state index is 11.5. The van der Waals surface area contributed by atoms with E-state index >= 15 is 0 Å². The lowest BCUT2D eigenvalue weighted by atomic mass is 10.1.